The second-order valence-electron chi connectivity index (χ2n) is 4.76. The van der Waals surface area contributed by atoms with Crippen LogP contribution in [0.3, 0.4) is 0 Å². The molecule has 0 unspecified atom stereocenters. The maximum atomic E-state index is 12.0. The number of rotatable bonds is 2. The fourth-order valence-corrected chi connectivity index (χ4v) is 2.99. The first-order valence-corrected chi connectivity index (χ1v) is 6.23. The summed E-state index contributed by atoms with van der Waals surface area (Å²) in [7, 11) is 3.81. The molecule has 20 heavy (non-hydrogen) atoms. The summed E-state index contributed by atoms with van der Waals surface area (Å²) in [6, 6.07) is -0.552. The highest BCUT2D eigenvalue weighted by atomic mass is 16.5. The van der Waals surface area contributed by atoms with Crippen molar-refractivity contribution in [2.45, 2.75) is 6.04 Å². The van der Waals surface area contributed by atoms with E-state index in [-0.39, 0.29) is 5.92 Å². The highest BCUT2D eigenvalue weighted by molar-refractivity contribution is 5.85. The smallest absolute Gasteiger partial charge is 0.410 e. The molecule has 0 radical (unpaired) electrons. The van der Waals surface area contributed by atoms with E-state index in [4.69, 9.17) is 14.2 Å². The molecule has 0 spiro atoms. The third kappa shape index (κ3) is 2.13. The molecule has 110 valence electrons. The Hall–Kier alpha value is -2.05. The Bertz CT molecular complexity index is 460. The molecule has 2 aliphatic heterocycles. The molecule has 3 aliphatic rings. The molecule has 1 fully saturated rings. The second-order valence-corrected chi connectivity index (χ2v) is 4.76. The summed E-state index contributed by atoms with van der Waals surface area (Å²) >= 11 is 0. The molecule has 3 rings (SSSR count). The molecular formula is C13H17NO6. The summed E-state index contributed by atoms with van der Waals surface area (Å²) in [5, 5.41) is 0. The fourth-order valence-electron chi connectivity index (χ4n) is 2.99. The van der Waals surface area contributed by atoms with E-state index >= 15 is 0 Å². The van der Waals surface area contributed by atoms with Gasteiger partial charge in [0.2, 0.25) is 0 Å². The Balaban J connectivity index is 2.36. The monoisotopic (exact) mass is 283 g/mol. The normalized spacial score (nSPS) is 30.9. The molecule has 7 nitrogen and oxygen atoms in total. The predicted octanol–water partition coefficient (Wildman–Crippen LogP) is 0.201. The first-order chi connectivity index (χ1) is 9.54. The van der Waals surface area contributed by atoms with Gasteiger partial charge >= 0.3 is 18.0 Å². The van der Waals surface area contributed by atoms with Gasteiger partial charge in [0.1, 0.15) is 0 Å². The van der Waals surface area contributed by atoms with Gasteiger partial charge in [-0.25, -0.2) is 4.79 Å². The number of methoxy groups -OCH3 is 3. The number of esters is 2. The summed E-state index contributed by atoms with van der Waals surface area (Å²) in [6.45, 7) is 0.321. The fraction of sp³-hybridized carbons (Fsp3) is 0.615. The molecule has 0 N–H and O–H groups in total. The topological polar surface area (TPSA) is 82.1 Å². The van der Waals surface area contributed by atoms with Crippen LogP contribution < -0.4 is 0 Å². The van der Waals surface area contributed by atoms with Gasteiger partial charge in [-0.2, -0.15) is 0 Å². The van der Waals surface area contributed by atoms with Crippen LogP contribution >= 0.6 is 0 Å². The van der Waals surface area contributed by atoms with Gasteiger partial charge in [-0.3, -0.25) is 9.59 Å². The molecule has 0 aromatic carbocycles. The predicted molar refractivity (Wildman–Crippen MR) is 66.5 cm³/mol. The number of hydrogen-bond acceptors (Lipinski definition) is 6. The van der Waals surface area contributed by atoms with E-state index in [2.05, 4.69) is 0 Å². The minimum Gasteiger partial charge on any atom is -0.469 e. The molecule has 0 saturated carbocycles. The first kappa shape index (κ1) is 14.4. The number of carbonyl (C=O) groups excluding carboxylic acids is 3. The van der Waals surface area contributed by atoms with Gasteiger partial charge in [-0.1, -0.05) is 12.2 Å². The van der Waals surface area contributed by atoms with Crippen molar-refractivity contribution in [1.82, 2.24) is 4.90 Å². The lowest BCUT2D eigenvalue weighted by atomic mass is 9.69. The SMILES string of the molecule is COC(=O)[C@@H]1[C@H](C(=O)OC)[C@H]2C=C[C@@H]1N(C(=O)OC)C2. The summed E-state index contributed by atoms with van der Waals surface area (Å²) in [6.07, 6.45) is 3.05. The second kappa shape index (κ2) is 5.52. The summed E-state index contributed by atoms with van der Waals surface area (Å²) in [4.78, 5) is 37.1. The van der Waals surface area contributed by atoms with Gasteiger partial charge in [0, 0.05) is 12.5 Å². The lowest BCUT2D eigenvalue weighted by Crippen LogP contribution is -2.61. The van der Waals surface area contributed by atoms with Crippen molar-refractivity contribution in [1.29, 1.82) is 0 Å². The zero-order valence-electron chi connectivity index (χ0n) is 11.6. The molecule has 2 heterocycles. The number of piperidine rings is 1. The molecule has 0 aromatic heterocycles. The van der Waals surface area contributed by atoms with Crippen molar-refractivity contribution >= 4 is 18.0 Å². The van der Waals surface area contributed by atoms with Gasteiger partial charge in [0.25, 0.3) is 0 Å². The van der Waals surface area contributed by atoms with Crippen LogP contribution in [0.25, 0.3) is 0 Å². The van der Waals surface area contributed by atoms with Crippen molar-refractivity contribution in [2.24, 2.45) is 17.8 Å². The molecule has 2 bridgehead atoms. The van der Waals surface area contributed by atoms with Crippen LogP contribution in [0.1, 0.15) is 0 Å². The van der Waals surface area contributed by atoms with E-state index in [1.54, 1.807) is 6.08 Å². The third-order valence-electron chi connectivity index (χ3n) is 3.89. The Morgan fingerprint density at radius 2 is 1.55 bits per heavy atom. The number of ether oxygens (including phenoxy) is 3. The third-order valence-corrected chi connectivity index (χ3v) is 3.89. The largest absolute Gasteiger partial charge is 0.469 e. The number of carbonyl (C=O) groups is 3. The molecule has 1 saturated heterocycles. The van der Waals surface area contributed by atoms with Crippen LogP contribution in [0.2, 0.25) is 0 Å². The average Bonchev–Trinajstić information content (AvgIpc) is 2.51. The molecule has 0 aromatic rings. The zero-order chi connectivity index (χ0) is 14.9. The molecular weight excluding hydrogens is 266 g/mol. The van der Waals surface area contributed by atoms with Crippen molar-refractivity contribution in [3.63, 3.8) is 0 Å². The maximum Gasteiger partial charge on any atom is 0.410 e. The van der Waals surface area contributed by atoms with Crippen molar-refractivity contribution in [3.05, 3.63) is 12.2 Å². The van der Waals surface area contributed by atoms with Crippen LogP contribution in [-0.2, 0) is 23.8 Å². The number of hydrogen-bond donors (Lipinski definition) is 0. The van der Waals surface area contributed by atoms with Crippen molar-refractivity contribution < 1.29 is 28.6 Å². The molecule has 1 amide bonds. The van der Waals surface area contributed by atoms with Crippen LogP contribution in [0, 0.1) is 17.8 Å². The lowest BCUT2D eigenvalue weighted by molar-refractivity contribution is -0.165. The zero-order valence-corrected chi connectivity index (χ0v) is 11.6. The maximum absolute atomic E-state index is 12.0. The minimum atomic E-state index is -0.768. The summed E-state index contributed by atoms with van der Waals surface area (Å²) in [5.74, 6) is -2.69. The van der Waals surface area contributed by atoms with E-state index < -0.39 is 35.9 Å². The van der Waals surface area contributed by atoms with Crippen LogP contribution in [-0.4, -0.2) is 56.8 Å². The van der Waals surface area contributed by atoms with E-state index in [0.717, 1.165) is 0 Å². The lowest BCUT2D eigenvalue weighted by Gasteiger charge is -2.47. The van der Waals surface area contributed by atoms with Crippen molar-refractivity contribution in [3.8, 4) is 0 Å². The molecule has 7 heteroatoms. The highest BCUT2D eigenvalue weighted by Crippen LogP contribution is 2.40. The molecule has 1 aliphatic carbocycles. The first-order valence-electron chi connectivity index (χ1n) is 6.23. The van der Waals surface area contributed by atoms with Crippen molar-refractivity contribution in [2.75, 3.05) is 27.9 Å². The van der Waals surface area contributed by atoms with Gasteiger partial charge in [-0.15, -0.1) is 0 Å². The number of fused-ring (bicyclic) bond motifs is 2. The van der Waals surface area contributed by atoms with E-state index in [1.807, 2.05) is 6.08 Å². The van der Waals surface area contributed by atoms with Crippen LogP contribution in [0.5, 0.6) is 0 Å². The summed E-state index contributed by atoms with van der Waals surface area (Å²) in [5.41, 5.74) is 0. The Kier molecular flexibility index (Phi) is 3.96. The number of nitrogens with zero attached hydrogens (tertiary/aromatic N) is 1. The minimum absolute atomic E-state index is 0.282. The average molecular weight is 283 g/mol. The van der Waals surface area contributed by atoms with E-state index in [0.29, 0.717) is 6.54 Å². The van der Waals surface area contributed by atoms with Gasteiger partial charge in [0.15, 0.2) is 0 Å². The number of amides is 1. The Labute approximate surface area is 116 Å². The quantitative estimate of drug-likeness (QED) is 0.409. The molecule has 4 atom stereocenters. The van der Waals surface area contributed by atoms with E-state index in [1.165, 1.54) is 26.2 Å². The van der Waals surface area contributed by atoms with Crippen LogP contribution in [0.15, 0.2) is 12.2 Å². The Morgan fingerprint density at radius 1 is 0.950 bits per heavy atom. The van der Waals surface area contributed by atoms with Gasteiger partial charge in [-0.05, 0) is 0 Å². The van der Waals surface area contributed by atoms with Gasteiger partial charge < -0.3 is 19.1 Å². The summed E-state index contributed by atoms with van der Waals surface area (Å²) < 4.78 is 14.3. The standard InChI is InChI=1S/C13H17NO6/c1-18-11(15)9-7-4-5-8(10(9)12(16)19-2)14(6-7)13(17)20-3/h4-5,7-10H,6H2,1-3H3/t7-,8-,9+,10-/m0/s1. The van der Waals surface area contributed by atoms with E-state index in [9.17, 15) is 14.4 Å². The van der Waals surface area contributed by atoms with Crippen LogP contribution in [0.4, 0.5) is 4.79 Å². The van der Waals surface area contributed by atoms with Gasteiger partial charge in [0.05, 0.1) is 39.2 Å². The Morgan fingerprint density at radius 3 is 2.10 bits per heavy atom. The highest BCUT2D eigenvalue weighted by Gasteiger charge is 2.54.